The van der Waals surface area contributed by atoms with Gasteiger partial charge in [0.25, 0.3) is 5.56 Å². The van der Waals surface area contributed by atoms with E-state index in [9.17, 15) is 4.79 Å². The van der Waals surface area contributed by atoms with E-state index < -0.39 is 0 Å². The molecule has 0 bridgehead atoms. The molecule has 2 aliphatic rings. The zero-order valence-corrected chi connectivity index (χ0v) is 12.9. The molecule has 0 spiro atoms. The molecule has 2 atom stereocenters. The van der Waals surface area contributed by atoms with E-state index in [-0.39, 0.29) is 17.7 Å². The third kappa shape index (κ3) is 2.45. The standard InChI is InChI=1S/C16H22N4O2/c1-10-7-12(5-6-22-10)20-15-13(9-17-20)16(21)19-14(18-15)8-11-3-2-4-11/h9-12H,2-8H2,1H3,(H,18,19,21). The van der Waals surface area contributed by atoms with E-state index in [0.29, 0.717) is 11.3 Å². The number of hydrogen-bond donors (Lipinski definition) is 1. The third-order valence-corrected chi connectivity index (χ3v) is 5.02. The van der Waals surface area contributed by atoms with Gasteiger partial charge in [-0.25, -0.2) is 9.67 Å². The lowest BCUT2D eigenvalue weighted by molar-refractivity contribution is 0.00431. The molecular weight excluding hydrogens is 280 g/mol. The largest absolute Gasteiger partial charge is 0.378 e. The molecule has 0 amide bonds. The SMILES string of the molecule is CC1CC(n2ncc3c(=O)[nH]c(CC4CCC4)nc32)CCO1. The van der Waals surface area contributed by atoms with Gasteiger partial charge < -0.3 is 9.72 Å². The Kier molecular flexibility index (Phi) is 3.48. The molecule has 1 N–H and O–H groups in total. The molecule has 6 nitrogen and oxygen atoms in total. The van der Waals surface area contributed by atoms with Crippen LogP contribution in [0.1, 0.15) is 50.9 Å². The van der Waals surface area contributed by atoms with Gasteiger partial charge in [0.2, 0.25) is 0 Å². The van der Waals surface area contributed by atoms with E-state index in [1.54, 1.807) is 6.20 Å². The van der Waals surface area contributed by atoms with Crippen LogP contribution in [0.5, 0.6) is 0 Å². The predicted octanol–water partition coefficient (Wildman–Crippen LogP) is 2.20. The van der Waals surface area contributed by atoms with Crippen LogP contribution in [0.3, 0.4) is 0 Å². The lowest BCUT2D eigenvalue weighted by atomic mass is 9.83. The predicted molar refractivity (Wildman–Crippen MR) is 82.9 cm³/mol. The number of hydrogen-bond acceptors (Lipinski definition) is 4. The van der Waals surface area contributed by atoms with Crippen LogP contribution in [0.15, 0.2) is 11.0 Å². The fraction of sp³-hybridized carbons (Fsp3) is 0.688. The highest BCUT2D eigenvalue weighted by Gasteiger charge is 2.25. The highest BCUT2D eigenvalue weighted by atomic mass is 16.5. The van der Waals surface area contributed by atoms with Crippen LogP contribution >= 0.6 is 0 Å². The summed E-state index contributed by atoms with van der Waals surface area (Å²) < 4.78 is 7.55. The quantitative estimate of drug-likeness (QED) is 0.943. The first kappa shape index (κ1) is 13.9. The van der Waals surface area contributed by atoms with Crippen molar-refractivity contribution in [3.8, 4) is 0 Å². The maximum atomic E-state index is 12.3. The number of H-pyrrole nitrogens is 1. The Labute approximate surface area is 128 Å². The first-order valence-corrected chi connectivity index (χ1v) is 8.28. The van der Waals surface area contributed by atoms with E-state index >= 15 is 0 Å². The summed E-state index contributed by atoms with van der Waals surface area (Å²) in [4.78, 5) is 19.9. The van der Waals surface area contributed by atoms with Gasteiger partial charge in [0.1, 0.15) is 11.2 Å². The summed E-state index contributed by atoms with van der Waals surface area (Å²) in [6.45, 7) is 2.82. The van der Waals surface area contributed by atoms with Crippen molar-refractivity contribution in [3.05, 3.63) is 22.4 Å². The first-order valence-electron chi connectivity index (χ1n) is 8.28. The smallest absolute Gasteiger partial charge is 0.262 e. The van der Waals surface area contributed by atoms with Gasteiger partial charge in [0.05, 0.1) is 18.3 Å². The zero-order chi connectivity index (χ0) is 15.1. The van der Waals surface area contributed by atoms with Gasteiger partial charge >= 0.3 is 0 Å². The highest BCUT2D eigenvalue weighted by molar-refractivity contribution is 5.73. The monoisotopic (exact) mass is 302 g/mol. The molecule has 1 saturated carbocycles. The molecule has 0 aromatic carbocycles. The Hall–Kier alpha value is -1.69. The average Bonchev–Trinajstić information content (AvgIpc) is 2.87. The van der Waals surface area contributed by atoms with Crippen molar-refractivity contribution in [1.29, 1.82) is 0 Å². The molecule has 2 aromatic heterocycles. The van der Waals surface area contributed by atoms with Gasteiger partial charge in [-0.05, 0) is 25.7 Å². The number of nitrogens with zero attached hydrogens (tertiary/aromatic N) is 3. The Morgan fingerprint density at radius 2 is 2.27 bits per heavy atom. The summed E-state index contributed by atoms with van der Waals surface area (Å²) in [5, 5.41) is 5.04. The van der Waals surface area contributed by atoms with Crippen molar-refractivity contribution < 1.29 is 4.74 Å². The maximum Gasteiger partial charge on any atom is 0.262 e. The second-order valence-electron chi connectivity index (χ2n) is 6.70. The van der Waals surface area contributed by atoms with E-state index in [4.69, 9.17) is 9.72 Å². The van der Waals surface area contributed by atoms with E-state index in [1.165, 1.54) is 19.3 Å². The molecule has 2 unspecified atom stereocenters. The van der Waals surface area contributed by atoms with Crippen LogP contribution in [-0.4, -0.2) is 32.5 Å². The van der Waals surface area contributed by atoms with Gasteiger partial charge in [-0.15, -0.1) is 0 Å². The number of nitrogens with one attached hydrogen (secondary N) is 1. The summed E-state index contributed by atoms with van der Waals surface area (Å²) in [5.74, 6) is 1.49. The molecule has 2 aromatic rings. The van der Waals surface area contributed by atoms with Gasteiger partial charge in [0.15, 0.2) is 5.65 Å². The molecule has 1 aliphatic carbocycles. The van der Waals surface area contributed by atoms with E-state index in [0.717, 1.165) is 37.3 Å². The molecule has 6 heteroatoms. The van der Waals surface area contributed by atoms with Gasteiger partial charge in [-0.1, -0.05) is 19.3 Å². The Morgan fingerprint density at radius 3 is 3.00 bits per heavy atom. The second-order valence-corrected chi connectivity index (χ2v) is 6.70. The number of rotatable bonds is 3. The van der Waals surface area contributed by atoms with Crippen LogP contribution in [-0.2, 0) is 11.2 Å². The Balaban J connectivity index is 1.70. The van der Waals surface area contributed by atoms with Crippen molar-refractivity contribution in [1.82, 2.24) is 19.7 Å². The summed E-state index contributed by atoms with van der Waals surface area (Å²) in [6, 6.07) is 0.270. The molecule has 118 valence electrons. The van der Waals surface area contributed by atoms with Crippen LogP contribution in [0.25, 0.3) is 11.0 Å². The van der Waals surface area contributed by atoms with Crippen molar-refractivity contribution in [2.45, 2.75) is 57.6 Å². The number of fused-ring (bicyclic) bond motifs is 1. The average molecular weight is 302 g/mol. The minimum absolute atomic E-state index is 0.0642. The van der Waals surface area contributed by atoms with E-state index in [1.807, 2.05) is 4.68 Å². The van der Waals surface area contributed by atoms with E-state index in [2.05, 4.69) is 17.0 Å². The number of aromatic amines is 1. The summed E-state index contributed by atoms with van der Waals surface area (Å²) in [6.07, 6.45) is 8.40. The normalized spacial score (nSPS) is 26.2. The molecule has 1 aliphatic heterocycles. The summed E-state index contributed by atoms with van der Waals surface area (Å²) in [5.41, 5.74) is 0.669. The summed E-state index contributed by atoms with van der Waals surface area (Å²) in [7, 11) is 0. The van der Waals surface area contributed by atoms with Crippen LogP contribution in [0, 0.1) is 5.92 Å². The fourth-order valence-electron chi connectivity index (χ4n) is 3.51. The lowest BCUT2D eigenvalue weighted by Gasteiger charge is -2.27. The first-order chi connectivity index (χ1) is 10.7. The molecule has 1 saturated heterocycles. The van der Waals surface area contributed by atoms with Gasteiger partial charge in [-0.3, -0.25) is 4.79 Å². The van der Waals surface area contributed by atoms with Gasteiger partial charge in [0, 0.05) is 13.0 Å². The van der Waals surface area contributed by atoms with Crippen LogP contribution in [0.2, 0.25) is 0 Å². The Morgan fingerprint density at radius 1 is 1.41 bits per heavy atom. The number of ether oxygens (including phenoxy) is 1. The van der Waals surface area contributed by atoms with Crippen molar-refractivity contribution in [2.24, 2.45) is 5.92 Å². The van der Waals surface area contributed by atoms with Crippen molar-refractivity contribution in [2.75, 3.05) is 6.61 Å². The number of aromatic nitrogens is 4. The molecule has 3 heterocycles. The summed E-state index contributed by atoms with van der Waals surface area (Å²) >= 11 is 0. The van der Waals surface area contributed by atoms with Crippen LogP contribution in [0.4, 0.5) is 0 Å². The fourth-order valence-corrected chi connectivity index (χ4v) is 3.51. The van der Waals surface area contributed by atoms with Gasteiger partial charge in [-0.2, -0.15) is 5.10 Å². The minimum Gasteiger partial charge on any atom is -0.378 e. The second kappa shape index (κ2) is 5.50. The molecular formula is C16H22N4O2. The van der Waals surface area contributed by atoms with Crippen molar-refractivity contribution >= 4 is 11.0 Å². The van der Waals surface area contributed by atoms with Crippen molar-refractivity contribution in [3.63, 3.8) is 0 Å². The van der Waals surface area contributed by atoms with Crippen LogP contribution < -0.4 is 5.56 Å². The Bertz CT molecular complexity index is 731. The molecule has 0 radical (unpaired) electrons. The third-order valence-electron chi connectivity index (χ3n) is 5.02. The minimum atomic E-state index is -0.0642. The topological polar surface area (TPSA) is 72.8 Å². The lowest BCUT2D eigenvalue weighted by Crippen LogP contribution is -2.26. The molecule has 2 fully saturated rings. The molecule has 4 rings (SSSR count). The highest BCUT2D eigenvalue weighted by Crippen LogP contribution is 2.29. The zero-order valence-electron chi connectivity index (χ0n) is 12.9. The maximum absolute atomic E-state index is 12.3. The molecule has 22 heavy (non-hydrogen) atoms.